The summed E-state index contributed by atoms with van der Waals surface area (Å²) in [5.74, 6) is -0.466. The Morgan fingerprint density at radius 1 is 1.45 bits per heavy atom. The minimum atomic E-state index is -0.361. The number of carbonyl (C=O) groups is 1. The summed E-state index contributed by atoms with van der Waals surface area (Å²) in [6.45, 7) is 6.88. The summed E-state index contributed by atoms with van der Waals surface area (Å²) in [5, 5.41) is 6.27. The molecule has 112 valence electrons. The molecule has 0 bridgehead atoms. The molecule has 1 aromatic rings. The summed E-state index contributed by atoms with van der Waals surface area (Å²) in [4.78, 5) is 11.9. The van der Waals surface area contributed by atoms with Crippen LogP contribution in [0.3, 0.4) is 0 Å². The Kier molecular flexibility index (Phi) is 5.96. The third-order valence-electron chi connectivity index (χ3n) is 3.32. The largest absolute Gasteiger partial charge is 0.355 e. The van der Waals surface area contributed by atoms with Crippen LogP contribution >= 0.6 is 11.6 Å². The van der Waals surface area contributed by atoms with Crippen LogP contribution in [0.2, 0.25) is 5.02 Å². The summed E-state index contributed by atoms with van der Waals surface area (Å²) in [5.41, 5.74) is 0.460. The van der Waals surface area contributed by atoms with Gasteiger partial charge in [-0.15, -0.1) is 0 Å². The van der Waals surface area contributed by atoms with Crippen molar-refractivity contribution in [1.29, 1.82) is 0 Å². The maximum Gasteiger partial charge on any atom is 0.224 e. The van der Waals surface area contributed by atoms with Crippen LogP contribution in [-0.2, 0) is 10.2 Å². The van der Waals surface area contributed by atoms with Gasteiger partial charge in [0.1, 0.15) is 5.82 Å². The number of rotatable bonds is 6. The standard InChI is InChI=1S/C15H22ClFN2O/c1-10(8-18-4)14(20)19-9-15(2,3)12-6-5-11(17)7-13(12)16/h5-7,10,18H,8-9H2,1-4H3,(H,19,20). The molecule has 1 unspecified atom stereocenters. The fourth-order valence-electron chi connectivity index (χ4n) is 2.01. The van der Waals surface area contributed by atoms with Crippen molar-refractivity contribution in [2.24, 2.45) is 5.92 Å². The number of carbonyl (C=O) groups excluding carboxylic acids is 1. The number of hydrogen-bond acceptors (Lipinski definition) is 2. The van der Waals surface area contributed by atoms with Gasteiger partial charge >= 0.3 is 0 Å². The van der Waals surface area contributed by atoms with Gasteiger partial charge in [0.15, 0.2) is 0 Å². The molecule has 5 heteroatoms. The summed E-state index contributed by atoms with van der Waals surface area (Å²) < 4.78 is 13.1. The van der Waals surface area contributed by atoms with Crippen molar-refractivity contribution in [2.45, 2.75) is 26.2 Å². The van der Waals surface area contributed by atoms with E-state index < -0.39 is 0 Å². The van der Waals surface area contributed by atoms with E-state index in [9.17, 15) is 9.18 Å². The molecule has 0 aliphatic carbocycles. The maximum atomic E-state index is 13.1. The number of nitrogens with one attached hydrogen (secondary N) is 2. The van der Waals surface area contributed by atoms with E-state index in [1.54, 1.807) is 6.07 Å². The van der Waals surface area contributed by atoms with E-state index in [0.29, 0.717) is 18.1 Å². The van der Waals surface area contributed by atoms with Crippen LogP contribution in [-0.4, -0.2) is 26.0 Å². The summed E-state index contributed by atoms with van der Waals surface area (Å²) >= 11 is 6.08. The van der Waals surface area contributed by atoms with E-state index in [-0.39, 0.29) is 23.1 Å². The van der Waals surface area contributed by atoms with E-state index in [0.717, 1.165) is 5.56 Å². The quantitative estimate of drug-likeness (QED) is 0.848. The normalized spacial score (nSPS) is 13.1. The van der Waals surface area contributed by atoms with Crippen molar-refractivity contribution in [3.05, 3.63) is 34.6 Å². The minimum Gasteiger partial charge on any atom is -0.355 e. The van der Waals surface area contributed by atoms with E-state index >= 15 is 0 Å². The number of amides is 1. The van der Waals surface area contributed by atoms with E-state index in [2.05, 4.69) is 10.6 Å². The van der Waals surface area contributed by atoms with Crippen LogP contribution in [0.4, 0.5) is 4.39 Å². The van der Waals surface area contributed by atoms with Gasteiger partial charge in [0, 0.05) is 29.4 Å². The van der Waals surface area contributed by atoms with Crippen LogP contribution in [0.15, 0.2) is 18.2 Å². The van der Waals surface area contributed by atoms with Crippen molar-refractivity contribution in [2.75, 3.05) is 20.1 Å². The lowest BCUT2D eigenvalue weighted by atomic mass is 9.84. The molecule has 0 aliphatic rings. The van der Waals surface area contributed by atoms with Crippen LogP contribution < -0.4 is 10.6 Å². The molecular formula is C15H22ClFN2O. The van der Waals surface area contributed by atoms with Gasteiger partial charge in [-0.3, -0.25) is 4.79 Å². The van der Waals surface area contributed by atoms with E-state index in [4.69, 9.17) is 11.6 Å². The lowest BCUT2D eigenvalue weighted by Gasteiger charge is -2.27. The van der Waals surface area contributed by atoms with Gasteiger partial charge < -0.3 is 10.6 Å². The molecular weight excluding hydrogens is 279 g/mol. The van der Waals surface area contributed by atoms with Gasteiger partial charge in [-0.2, -0.15) is 0 Å². The predicted octanol–water partition coefficient (Wildman–Crippen LogP) is 2.73. The SMILES string of the molecule is CNCC(C)C(=O)NCC(C)(C)c1ccc(F)cc1Cl. The molecule has 1 rings (SSSR count). The first-order valence-corrected chi connectivity index (χ1v) is 7.03. The molecule has 1 aromatic carbocycles. The topological polar surface area (TPSA) is 41.1 Å². The fourth-order valence-corrected chi connectivity index (χ4v) is 2.44. The Balaban J connectivity index is 2.72. The molecule has 0 saturated heterocycles. The van der Waals surface area contributed by atoms with Gasteiger partial charge in [0.2, 0.25) is 5.91 Å². The Bertz CT molecular complexity index is 477. The molecule has 0 radical (unpaired) electrons. The Hall–Kier alpha value is -1.13. The van der Waals surface area contributed by atoms with Gasteiger partial charge in [0.05, 0.1) is 0 Å². The average Bonchev–Trinajstić information content (AvgIpc) is 2.35. The number of halogens is 2. The second-order valence-electron chi connectivity index (χ2n) is 5.68. The fraction of sp³-hybridized carbons (Fsp3) is 0.533. The third-order valence-corrected chi connectivity index (χ3v) is 3.64. The predicted molar refractivity (Wildman–Crippen MR) is 80.5 cm³/mol. The van der Waals surface area contributed by atoms with Gasteiger partial charge in [-0.05, 0) is 24.7 Å². The highest BCUT2D eigenvalue weighted by Crippen LogP contribution is 2.29. The van der Waals surface area contributed by atoms with Crippen LogP contribution in [0.5, 0.6) is 0 Å². The zero-order chi connectivity index (χ0) is 15.3. The average molecular weight is 301 g/mol. The molecule has 3 nitrogen and oxygen atoms in total. The lowest BCUT2D eigenvalue weighted by Crippen LogP contribution is -2.41. The Labute approximate surface area is 124 Å². The first-order valence-electron chi connectivity index (χ1n) is 6.66. The highest BCUT2D eigenvalue weighted by atomic mass is 35.5. The zero-order valence-corrected chi connectivity index (χ0v) is 13.1. The van der Waals surface area contributed by atoms with Crippen molar-refractivity contribution < 1.29 is 9.18 Å². The van der Waals surface area contributed by atoms with Crippen LogP contribution in [0.1, 0.15) is 26.3 Å². The second-order valence-corrected chi connectivity index (χ2v) is 6.09. The molecule has 0 aromatic heterocycles. The van der Waals surface area contributed by atoms with E-state index in [1.807, 2.05) is 27.8 Å². The molecule has 0 fully saturated rings. The van der Waals surface area contributed by atoms with Crippen molar-refractivity contribution in [1.82, 2.24) is 10.6 Å². The van der Waals surface area contributed by atoms with Crippen molar-refractivity contribution in [3.63, 3.8) is 0 Å². The highest BCUT2D eigenvalue weighted by molar-refractivity contribution is 6.31. The van der Waals surface area contributed by atoms with E-state index in [1.165, 1.54) is 12.1 Å². The Morgan fingerprint density at radius 2 is 2.10 bits per heavy atom. The summed E-state index contributed by atoms with van der Waals surface area (Å²) in [7, 11) is 1.81. The highest BCUT2D eigenvalue weighted by Gasteiger charge is 2.25. The maximum absolute atomic E-state index is 13.1. The monoisotopic (exact) mass is 300 g/mol. The van der Waals surface area contributed by atoms with Crippen molar-refractivity contribution >= 4 is 17.5 Å². The molecule has 0 aliphatic heterocycles. The van der Waals surface area contributed by atoms with Gasteiger partial charge in [-0.25, -0.2) is 4.39 Å². The van der Waals surface area contributed by atoms with Crippen LogP contribution in [0.25, 0.3) is 0 Å². The van der Waals surface area contributed by atoms with Gasteiger partial charge in [0.25, 0.3) is 0 Å². The third kappa shape index (κ3) is 4.46. The van der Waals surface area contributed by atoms with Crippen molar-refractivity contribution in [3.8, 4) is 0 Å². The molecule has 20 heavy (non-hydrogen) atoms. The van der Waals surface area contributed by atoms with Crippen LogP contribution in [0, 0.1) is 11.7 Å². The molecule has 1 atom stereocenters. The molecule has 0 heterocycles. The second kappa shape index (κ2) is 7.04. The van der Waals surface area contributed by atoms with Gasteiger partial charge in [-0.1, -0.05) is 38.4 Å². The molecule has 2 N–H and O–H groups in total. The molecule has 0 saturated carbocycles. The zero-order valence-electron chi connectivity index (χ0n) is 12.4. The lowest BCUT2D eigenvalue weighted by molar-refractivity contribution is -0.124. The summed E-state index contributed by atoms with van der Waals surface area (Å²) in [6, 6.07) is 4.35. The molecule has 0 spiro atoms. The molecule has 1 amide bonds. The number of benzene rings is 1. The first-order chi connectivity index (χ1) is 9.27. The number of hydrogen-bond donors (Lipinski definition) is 2. The summed E-state index contributed by atoms with van der Waals surface area (Å²) in [6.07, 6.45) is 0. The smallest absolute Gasteiger partial charge is 0.224 e. The Morgan fingerprint density at radius 3 is 2.65 bits per heavy atom. The first kappa shape index (κ1) is 16.9. The minimum absolute atomic E-state index is 0.00865.